The summed E-state index contributed by atoms with van der Waals surface area (Å²) in [6.07, 6.45) is 4.78. The lowest BCUT2D eigenvalue weighted by Gasteiger charge is -1.94. The molecular formula is C10H8N2O4. The molecule has 0 aliphatic heterocycles. The second-order valence-corrected chi connectivity index (χ2v) is 2.80. The Morgan fingerprint density at radius 1 is 1.06 bits per heavy atom. The second kappa shape index (κ2) is 5.40. The van der Waals surface area contributed by atoms with Gasteiger partial charge in [-0.1, -0.05) is 18.2 Å². The minimum Gasteiger partial charge on any atom is -0.259 e. The first-order valence-corrected chi connectivity index (χ1v) is 4.33. The van der Waals surface area contributed by atoms with Gasteiger partial charge in [-0.3, -0.25) is 20.2 Å². The van der Waals surface area contributed by atoms with Gasteiger partial charge in [0.05, 0.1) is 15.4 Å². The first-order chi connectivity index (χ1) is 7.61. The fraction of sp³-hybridized carbons (Fsp3) is 0. The molecule has 0 aliphatic carbocycles. The van der Waals surface area contributed by atoms with Crippen molar-refractivity contribution in [1.29, 1.82) is 0 Å². The van der Waals surface area contributed by atoms with Gasteiger partial charge in [-0.2, -0.15) is 0 Å². The fourth-order valence-corrected chi connectivity index (χ4v) is 1.07. The predicted octanol–water partition coefficient (Wildman–Crippen LogP) is 2.40. The van der Waals surface area contributed by atoms with E-state index < -0.39 is 9.85 Å². The predicted molar refractivity (Wildman–Crippen MR) is 58.3 cm³/mol. The zero-order chi connectivity index (χ0) is 12.0. The van der Waals surface area contributed by atoms with Gasteiger partial charge in [0, 0.05) is 12.1 Å². The number of hydrogen-bond donors (Lipinski definition) is 0. The topological polar surface area (TPSA) is 86.3 Å². The van der Waals surface area contributed by atoms with Crippen LogP contribution in [0.2, 0.25) is 0 Å². The summed E-state index contributed by atoms with van der Waals surface area (Å²) < 4.78 is 0. The van der Waals surface area contributed by atoms with E-state index in [-0.39, 0.29) is 5.69 Å². The standard InChI is InChI=1S/C10H8N2O4/c13-11(14)8-4-3-6-9-5-1-2-7-10(9)12(15)16/h1-8H/b6-3+,8-4+. The molecule has 1 aromatic carbocycles. The number of nitro groups is 2. The molecule has 0 saturated carbocycles. The molecule has 0 atom stereocenters. The van der Waals surface area contributed by atoms with E-state index in [2.05, 4.69) is 0 Å². The molecule has 0 spiro atoms. The van der Waals surface area contributed by atoms with Gasteiger partial charge >= 0.3 is 0 Å². The van der Waals surface area contributed by atoms with Crippen molar-refractivity contribution in [2.24, 2.45) is 0 Å². The summed E-state index contributed by atoms with van der Waals surface area (Å²) in [7, 11) is 0. The van der Waals surface area contributed by atoms with E-state index in [4.69, 9.17) is 0 Å². The second-order valence-electron chi connectivity index (χ2n) is 2.80. The van der Waals surface area contributed by atoms with Crippen LogP contribution in [0.25, 0.3) is 6.08 Å². The highest BCUT2D eigenvalue weighted by Crippen LogP contribution is 2.18. The molecule has 0 heterocycles. The van der Waals surface area contributed by atoms with Gasteiger partial charge in [0.1, 0.15) is 0 Å². The van der Waals surface area contributed by atoms with Gasteiger partial charge in [-0.15, -0.1) is 0 Å². The molecule has 1 rings (SSSR count). The van der Waals surface area contributed by atoms with Crippen LogP contribution in [0.15, 0.2) is 42.6 Å². The quantitative estimate of drug-likeness (QED) is 0.442. The summed E-state index contributed by atoms with van der Waals surface area (Å²) in [5.41, 5.74) is 0.369. The molecule has 6 nitrogen and oxygen atoms in total. The summed E-state index contributed by atoms with van der Waals surface area (Å²) in [6.45, 7) is 0. The van der Waals surface area contributed by atoms with Crippen molar-refractivity contribution in [3.05, 3.63) is 68.4 Å². The van der Waals surface area contributed by atoms with E-state index >= 15 is 0 Å². The van der Waals surface area contributed by atoms with Gasteiger partial charge < -0.3 is 0 Å². The number of nitrogens with zero attached hydrogens (tertiary/aromatic N) is 2. The molecule has 6 heteroatoms. The molecule has 0 bridgehead atoms. The summed E-state index contributed by atoms with van der Waals surface area (Å²) in [5, 5.41) is 20.6. The molecular weight excluding hydrogens is 212 g/mol. The monoisotopic (exact) mass is 220 g/mol. The minimum atomic E-state index is -0.607. The highest BCUT2D eigenvalue weighted by molar-refractivity contribution is 5.61. The summed E-state index contributed by atoms with van der Waals surface area (Å²) in [4.78, 5) is 19.5. The van der Waals surface area contributed by atoms with Gasteiger partial charge in [-0.25, -0.2) is 0 Å². The molecule has 0 unspecified atom stereocenters. The van der Waals surface area contributed by atoms with Crippen LogP contribution >= 0.6 is 0 Å². The van der Waals surface area contributed by atoms with Crippen LogP contribution in [0.3, 0.4) is 0 Å². The zero-order valence-electron chi connectivity index (χ0n) is 8.15. The molecule has 0 amide bonds. The lowest BCUT2D eigenvalue weighted by molar-refractivity contribution is -0.402. The Morgan fingerprint density at radius 2 is 1.75 bits per heavy atom. The molecule has 82 valence electrons. The Morgan fingerprint density at radius 3 is 2.38 bits per heavy atom. The largest absolute Gasteiger partial charge is 0.276 e. The number of hydrogen-bond acceptors (Lipinski definition) is 4. The van der Waals surface area contributed by atoms with Crippen molar-refractivity contribution in [2.75, 3.05) is 0 Å². The molecule has 0 saturated heterocycles. The molecule has 0 radical (unpaired) electrons. The van der Waals surface area contributed by atoms with E-state index in [1.165, 1.54) is 24.3 Å². The van der Waals surface area contributed by atoms with E-state index in [9.17, 15) is 20.2 Å². The Bertz CT molecular complexity index is 466. The number of allylic oxidation sites excluding steroid dienone is 2. The highest BCUT2D eigenvalue weighted by atomic mass is 16.6. The molecule has 0 N–H and O–H groups in total. The number of para-hydroxylation sites is 1. The van der Waals surface area contributed by atoms with Crippen LogP contribution in [0.5, 0.6) is 0 Å². The maximum absolute atomic E-state index is 10.6. The normalized spacial score (nSPS) is 11.0. The smallest absolute Gasteiger partial charge is 0.259 e. The molecule has 1 aromatic rings. The maximum Gasteiger partial charge on any atom is 0.276 e. The molecule has 0 fully saturated rings. The van der Waals surface area contributed by atoms with Crippen molar-refractivity contribution >= 4 is 11.8 Å². The molecule has 16 heavy (non-hydrogen) atoms. The van der Waals surface area contributed by atoms with Gasteiger partial charge in [0.25, 0.3) is 5.69 Å². The van der Waals surface area contributed by atoms with Crippen LogP contribution in [0.1, 0.15) is 5.56 Å². The third kappa shape index (κ3) is 3.33. The fourth-order valence-electron chi connectivity index (χ4n) is 1.07. The van der Waals surface area contributed by atoms with Crippen molar-refractivity contribution in [3.8, 4) is 0 Å². The average molecular weight is 220 g/mol. The zero-order valence-corrected chi connectivity index (χ0v) is 8.15. The average Bonchev–Trinajstić information content (AvgIpc) is 2.24. The first kappa shape index (κ1) is 11.6. The van der Waals surface area contributed by atoms with Crippen molar-refractivity contribution in [1.82, 2.24) is 0 Å². The Hall–Kier alpha value is -2.50. The van der Waals surface area contributed by atoms with Gasteiger partial charge in [0.2, 0.25) is 6.20 Å². The Labute approximate surface area is 90.8 Å². The Kier molecular flexibility index (Phi) is 3.90. The molecule has 0 aromatic heterocycles. The summed E-state index contributed by atoms with van der Waals surface area (Å²) in [6, 6.07) is 6.15. The third-order valence-corrected chi connectivity index (χ3v) is 1.73. The van der Waals surface area contributed by atoms with Crippen molar-refractivity contribution in [3.63, 3.8) is 0 Å². The number of nitro benzene ring substituents is 1. The maximum atomic E-state index is 10.6. The van der Waals surface area contributed by atoms with Gasteiger partial charge in [0.15, 0.2) is 0 Å². The van der Waals surface area contributed by atoms with E-state index in [0.29, 0.717) is 5.56 Å². The lowest BCUT2D eigenvalue weighted by atomic mass is 10.1. The minimum absolute atomic E-state index is 0.0340. The van der Waals surface area contributed by atoms with Gasteiger partial charge in [-0.05, 0) is 12.1 Å². The summed E-state index contributed by atoms with van der Waals surface area (Å²) in [5.74, 6) is 0. The van der Waals surface area contributed by atoms with E-state index in [0.717, 1.165) is 6.20 Å². The van der Waals surface area contributed by atoms with Crippen molar-refractivity contribution < 1.29 is 9.85 Å². The first-order valence-electron chi connectivity index (χ1n) is 4.33. The SMILES string of the molecule is O=[N+]([O-])/C=C/C=C/c1ccccc1[N+](=O)[O-]. The summed E-state index contributed by atoms with van der Waals surface area (Å²) >= 11 is 0. The Balaban J connectivity index is 2.89. The van der Waals surface area contributed by atoms with E-state index in [1.807, 2.05) is 0 Å². The van der Waals surface area contributed by atoms with Crippen LogP contribution in [-0.2, 0) is 0 Å². The van der Waals surface area contributed by atoms with Crippen LogP contribution in [-0.4, -0.2) is 9.85 Å². The number of benzene rings is 1. The van der Waals surface area contributed by atoms with Crippen LogP contribution < -0.4 is 0 Å². The van der Waals surface area contributed by atoms with Crippen LogP contribution in [0, 0.1) is 20.2 Å². The van der Waals surface area contributed by atoms with Crippen LogP contribution in [0.4, 0.5) is 5.69 Å². The molecule has 0 aliphatic rings. The van der Waals surface area contributed by atoms with E-state index in [1.54, 1.807) is 18.2 Å². The van der Waals surface area contributed by atoms with Crippen molar-refractivity contribution in [2.45, 2.75) is 0 Å². The third-order valence-electron chi connectivity index (χ3n) is 1.73. The number of rotatable bonds is 4. The highest BCUT2D eigenvalue weighted by Gasteiger charge is 2.08. The lowest BCUT2D eigenvalue weighted by Crippen LogP contribution is -1.90.